The second kappa shape index (κ2) is 9.80. The normalized spacial score (nSPS) is 15.0. The van der Waals surface area contributed by atoms with Crippen LogP contribution < -0.4 is 14.8 Å². The Morgan fingerprint density at radius 3 is 2.48 bits per heavy atom. The number of carboxylic acid groups (broad SMARTS) is 1. The Balaban J connectivity index is 2.04. The maximum Gasteiger partial charge on any atom is 0.325 e. The Kier molecular flexibility index (Phi) is 7.45. The third-order valence-corrected chi connectivity index (χ3v) is 4.28. The minimum Gasteiger partial charge on any atom is -0.490 e. The van der Waals surface area contributed by atoms with Gasteiger partial charge in [-0.1, -0.05) is 0 Å². The van der Waals surface area contributed by atoms with Crippen LogP contribution in [0.5, 0.6) is 11.5 Å². The molecule has 1 aliphatic heterocycles. The van der Waals surface area contributed by atoms with Crippen LogP contribution >= 0.6 is 0 Å². The topological polar surface area (TPSA) is 105 Å². The van der Waals surface area contributed by atoms with Crippen LogP contribution in [-0.4, -0.2) is 60.1 Å². The summed E-state index contributed by atoms with van der Waals surface area (Å²) in [5.41, 5.74) is 0.251. The lowest BCUT2D eigenvalue weighted by Gasteiger charge is -2.26. The Morgan fingerprint density at radius 2 is 1.85 bits per heavy atom. The highest BCUT2D eigenvalue weighted by Gasteiger charge is 2.19. The van der Waals surface area contributed by atoms with E-state index in [-0.39, 0.29) is 18.1 Å². The van der Waals surface area contributed by atoms with Gasteiger partial charge in [-0.3, -0.25) is 14.4 Å². The molecule has 1 aromatic carbocycles. The molecule has 0 unspecified atom stereocenters. The number of amides is 2. The molecule has 0 aromatic heterocycles. The second-order valence-electron chi connectivity index (χ2n) is 6.36. The average Bonchev–Trinajstić information content (AvgIpc) is 2.67. The number of carbonyl (C=O) groups excluding carboxylic acids is 2. The Labute approximate surface area is 158 Å². The van der Waals surface area contributed by atoms with E-state index in [0.717, 1.165) is 32.4 Å². The van der Waals surface area contributed by atoms with Crippen LogP contribution in [0.25, 0.3) is 0 Å². The highest BCUT2D eigenvalue weighted by atomic mass is 16.5. The first-order valence-corrected chi connectivity index (χ1v) is 9.13. The van der Waals surface area contributed by atoms with Crippen molar-refractivity contribution in [2.45, 2.75) is 39.2 Å². The molecule has 1 saturated heterocycles. The van der Waals surface area contributed by atoms with Crippen molar-refractivity contribution in [3.63, 3.8) is 0 Å². The number of rotatable bonds is 8. The van der Waals surface area contributed by atoms with Crippen LogP contribution in [-0.2, 0) is 9.59 Å². The molecule has 2 N–H and O–H groups in total. The fourth-order valence-electron chi connectivity index (χ4n) is 2.75. The largest absolute Gasteiger partial charge is 0.490 e. The summed E-state index contributed by atoms with van der Waals surface area (Å²) in [4.78, 5) is 37.1. The molecule has 0 bridgehead atoms. The van der Waals surface area contributed by atoms with Gasteiger partial charge < -0.3 is 24.8 Å². The molecule has 0 radical (unpaired) electrons. The number of hydrogen-bond acceptors (Lipinski definition) is 5. The van der Waals surface area contributed by atoms with Crippen molar-refractivity contribution in [3.8, 4) is 11.5 Å². The molecule has 8 nitrogen and oxygen atoms in total. The summed E-state index contributed by atoms with van der Waals surface area (Å²) < 4.78 is 11.1. The Morgan fingerprint density at radius 1 is 1.15 bits per heavy atom. The first kappa shape index (κ1) is 20.5. The first-order chi connectivity index (χ1) is 12.9. The maximum absolute atomic E-state index is 12.2. The fraction of sp³-hybridized carbons (Fsp3) is 0.526. The van der Waals surface area contributed by atoms with E-state index in [0.29, 0.717) is 18.1 Å². The van der Waals surface area contributed by atoms with Crippen LogP contribution in [0.15, 0.2) is 18.2 Å². The van der Waals surface area contributed by atoms with Crippen molar-refractivity contribution in [1.29, 1.82) is 0 Å². The van der Waals surface area contributed by atoms with Crippen molar-refractivity contribution in [2.75, 3.05) is 26.3 Å². The summed E-state index contributed by atoms with van der Waals surface area (Å²) in [7, 11) is 0. The minimum absolute atomic E-state index is 0.0748. The van der Waals surface area contributed by atoms with Gasteiger partial charge >= 0.3 is 5.97 Å². The number of nitrogens with one attached hydrogen (secondary N) is 1. The number of carbonyl (C=O) groups is 3. The summed E-state index contributed by atoms with van der Waals surface area (Å²) in [6.07, 6.45) is 3.16. The van der Waals surface area contributed by atoms with Gasteiger partial charge in [-0.15, -0.1) is 0 Å². The van der Waals surface area contributed by atoms with Gasteiger partial charge in [0.1, 0.15) is 6.04 Å². The molecule has 1 heterocycles. The van der Waals surface area contributed by atoms with E-state index in [1.165, 1.54) is 19.1 Å². The maximum atomic E-state index is 12.2. The average molecular weight is 378 g/mol. The molecule has 8 heteroatoms. The van der Waals surface area contributed by atoms with Crippen LogP contribution in [0.1, 0.15) is 43.5 Å². The zero-order valence-corrected chi connectivity index (χ0v) is 15.7. The lowest BCUT2D eigenvalue weighted by Crippen LogP contribution is -2.38. The highest BCUT2D eigenvalue weighted by Crippen LogP contribution is 2.28. The molecular weight excluding hydrogens is 352 g/mol. The van der Waals surface area contributed by atoms with Gasteiger partial charge in [-0.05, 0) is 51.3 Å². The van der Waals surface area contributed by atoms with E-state index in [2.05, 4.69) is 5.32 Å². The van der Waals surface area contributed by atoms with E-state index in [9.17, 15) is 14.4 Å². The van der Waals surface area contributed by atoms with Crippen LogP contribution in [0.2, 0.25) is 0 Å². The smallest absolute Gasteiger partial charge is 0.325 e. The highest BCUT2D eigenvalue weighted by molar-refractivity contribution is 5.97. The number of hydrogen-bond donors (Lipinski definition) is 2. The molecule has 0 aliphatic carbocycles. The summed E-state index contributed by atoms with van der Waals surface area (Å²) in [6, 6.07) is 3.53. The molecule has 0 saturated carbocycles. The van der Waals surface area contributed by atoms with Gasteiger partial charge in [0.05, 0.1) is 6.61 Å². The quantitative estimate of drug-likeness (QED) is 0.713. The Hall–Kier alpha value is -2.77. The van der Waals surface area contributed by atoms with E-state index >= 15 is 0 Å². The Bertz CT molecular complexity index is 685. The molecule has 0 spiro atoms. The lowest BCUT2D eigenvalue weighted by atomic mass is 10.1. The molecule has 1 fully saturated rings. The van der Waals surface area contributed by atoms with E-state index in [1.807, 2.05) is 0 Å². The van der Waals surface area contributed by atoms with Gasteiger partial charge in [0, 0.05) is 18.7 Å². The van der Waals surface area contributed by atoms with Gasteiger partial charge in [0.25, 0.3) is 11.8 Å². The zero-order chi connectivity index (χ0) is 19.8. The number of ether oxygens (including phenoxy) is 2. The number of carboxylic acids is 1. The van der Waals surface area contributed by atoms with E-state index in [4.69, 9.17) is 14.6 Å². The molecular formula is C19H26N2O6. The van der Waals surface area contributed by atoms with Crippen LogP contribution in [0.4, 0.5) is 0 Å². The summed E-state index contributed by atoms with van der Waals surface area (Å²) >= 11 is 0. The van der Waals surface area contributed by atoms with Gasteiger partial charge in [0.15, 0.2) is 18.1 Å². The predicted octanol–water partition coefficient (Wildman–Crippen LogP) is 1.68. The second-order valence-corrected chi connectivity index (χ2v) is 6.36. The molecule has 2 amide bonds. The third-order valence-electron chi connectivity index (χ3n) is 4.28. The molecule has 1 aromatic rings. The lowest BCUT2D eigenvalue weighted by molar-refractivity contribution is -0.138. The zero-order valence-electron chi connectivity index (χ0n) is 15.7. The van der Waals surface area contributed by atoms with Crippen molar-refractivity contribution in [2.24, 2.45) is 0 Å². The standard InChI is InChI=1S/C19H26N2O6/c1-3-26-16-11-14(18(23)20-13(2)19(24)25)7-8-15(16)27-12-17(22)21-9-5-4-6-10-21/h7-8,11,13H,3-6,9-10,12H2,1-2H3,(H,20,23)(H,24,25)/t13-/m0/s1. The molecule has 27 heavy (non-hydrogen) atoms. The van der Waals surface area contributed by atoms with E-state index < -0.39 is 17.9 Å². The molecule has 148 valence electrons. The molecule has 2 rings (SSSR count). The van der Waals surface area contributed by atoms with Crippen LogP contribution in [0, 0.1) is 0 Å². The third kappa shape index (κ3) is 5.87. The molecule has 1 aliphatic rings. The summed E-state index contributed by atoms with van der Waals surface area (Å²) in [5.74, 6) is -1.02. The minimum atomic E-state index is -1.12. The monoisotopic (exact) mass is 378 g/mol. The van der Waals surface area contributed by atoms with Crippen molar-refractivity contribution < 1.29 is 29.0 Å². The number of piperidine rings is 1. The fourth-order valence-corrected chi connectivity index (χ4v) is 2.75. The first-order valence-electron chi connectivity index (χ1n) is 9.13. The SMILES string of the molecule is CCOc1cc(C(=O)N[C@@H](C)C(=O)O)ccc1OCC(=O)N1CCCCC1. The molecule has 1 atom stereocenters. The van der Waals surface area contributed by atoms with Gasteiger partial charge in [-0.25, -0.2) is 0 Å². The van der Waals surface area contributed by atoms with Gasteiger partial charge in [0.2, 0.25) is 0 Å². The number of benzene rings is 1. The van der Waals surface area contributed by atoms with Crippen molar-refractivity contribution >= 4 is 17.8 Å². The van der Waals surface area contributed by atoms with Crippen molar-refractivity contribution in [3.05, 3.63) is 23.8 Å². The predicted molar refractivity (Wildman–Crippen MR) is 98.1 cm³/mol. The number of likely N-dealkylation sites (tertiary alicyclic amines) is 1. The van der Waals surface area contributed by atoms with Crippen LogP contribution in [0.3, 0.4) is 0 Å². The number of aliphatic carboxylic acids is 1. The van der Waals surface area contributed by atoms with Crippen molar-refractivity contribution in [1.82, 2.24) is 10.2 Å². The number of nitrogens with zero attached hydrogens (tertiary/aromatic N) is 1. The summed E-state index contributed by atoms with van der Waals surface area (Å²) in [5, 5.41) is 11.3. The summed E-state index contributed by atoms with van der Waals surface area (Å²) in [6.45, 7) is 4.94. The van der Waals surface area contributed by atoms with E-state index in [1.54, 1.807) is 17.9 Å². The van der Waals surface area contributed by atoms with Gasteiger partial charge in [-0.2, -0.15) is 0 Å².